The van der Waals surface area contributed by atoms with Crippen molar-refractivity contribution in [2.24, 2.45) is 0 Å². The first-order valence-electron chi connectivity index (χ1n) is 5.82. The summed E-state index contributed by atoms with van der Waals surface area (Å²) in [5, 5.41) is 0.675. The van der Waals surface area contributed by atoms with Crippen molar-refractivity contribution in [1.29, 1.82) is 0 Å². The summed E-state index contributed by atoms with van der Waals surface area (Å²) in [6.45, 7) is 2.91. The van der Waals surface area contributed by atoms with E-state index in [-0.39, 0.29) is 17.7 Å². The molecule has 1 heterocycles. The lowest BCUT2D eigenvalue weighted by Crippen LogP contribution is -2.46. The van der Waals surface area contributed by atoms with Crippen LogP contribution in [0.25, 0.3) is 0 Å². The van der Waals surface area contributed by atoms with E-state index in [2.05, 4.69) is 20.7 Å². The van der Waals surface area contributed by atoms with Crippen molar-refractivity contribution in [3.8, 4) is 0 Å². The van der Waals surface area contributed by atoms with Crippen LogP contribution >= 0.6 is 15.9 Å². The molecule has 17 heavy (non-hydrogen) atoms. The zero-order valence-corrected chi connectivity index (χ0v) is 12.4. The molecule has 0 aromatic rings. The molecule has 0 atom stereocenters. The smallest absolute Gasteiger partial charge is 0.223 e. The highest BCUT2D eigenvalue weighted by atomic mass is 79.9. The van der Waals surface area contributed by atoms with Gasteiger partial charge in [0, 0.05) is 30.9 Å². The van der Waals surface area contributed by atoms with E-state index in [4.69, 9.17) is 0 Å². The highest BCUT2D eigenvalue weighted by Gasteiger charge is 2.24. The van der Waals surface area contributed by atoms with Crippen molar-refractivity contribution in [1.82, 2.24) is 9.62 Å². The number of hydrogen-bond donors (Lipinski definition) is 1. The molecule has 0 saturated carbocycles. The molecule has 5 nitrogen and oxygen atoms in total. The van der Waals surface area contributed by atoms with Crippen LogP contribution in [0.1, 0.15) is 26.2 Å². The fourth-order valence-corrected chi connectivity index (χ4v) is 3.07. The molecule has 1 aliphatic rings. The minimum absolute atomic E-state index is 0.0204. The number of amides is 1. The summed E-state index contributed by atoms with van der Waals surface area (Å²) < 4.78 is 25.4. The van der Waals surface area contributed by atoms with E-state index in [1.807, 2.05) is 0 Å². The van der Waals surface area contributed by atoms with Crippen molar-refractivity contribution < 1.29 is 13.2 Å². The molecule has 7 heteroatoms. The Morgan fingerprint density at radius 1 is 1.41 bits per heavy atom. The van der Waals surface area contributed by atoms with Gasteiger partial charge in [0.15, 0.2) is 0 Å². The maximum absolute atomic E-state index is 11.6. The minimum atomic E-state index is -3.13. The molecule has 0 aliphatic carbocycles. The average molecular weight is 327 g/mol. The third kappa shape index (κ3) is 4.93. The highest BCUT2D eigenvalue weighted by Crippen LogP contribution is 2.12. The largest absolute Gasteiger partial charge is 0.343 e. The number of nitrogens with one attached hydrogen (secondary N) is 1. The SMILES string of the molecule is CCS(=O)(=O)NC1CCN(C(=O)CCBr)CC1. The summed E-state index contributed by atoms with van der Waals surface area (Å²) in [4.78, 5) is 13.4. The zero-order valence-electron chi connectivity index (χ0n) is 9.99. The molecule has 1 saturated heterocycles. The number of hydrogen-bond acceptors (Lipinski definition) is 3. The third-order valence-electron chi connectivity index (χ3n) is 2.88. The summed E-state index contributed by atoms with van der Waals surface area (Å²) in [7, 11) is -3.13. The van der Waals surface area contributed by atoms with E-state index in [0.717, 1.165) is 0 Å². The van der Waals surface area contributed by atoms with Crippen molar-refractivity contribution in [2.75, 3.05) is 24.2 Å². The third-order valence-corrected chi connectivity index (χ3v) is 4.73. The van der Waals surface area contributed by atoms with Crippen LogP contribution in [0.5, 0.6) is 0 Å². The molecule has 0 aromatic carbocycles. The molecule has 1 rings (SSSR count). The molecule has 0 spiro atoms. The van der Waals surface area contributed by atoms with Crippen LogP contribution in [0.15, 0.2) is 0 Å². The van der Waals surface area contributed by atoms with Crippen LogP contribution < -0.4 is 4.72 Å². The molecule has 0 unspecified atom stereocenters. The van der Waals surface area contributed by atoms with Gasteiger partial charge in [-0.1, -0.05) is 15.9 Å². The van der Waals surface area contributed by atoms with Crippen molar-refractivity contribution >= 4 is 31.9 Å². The Hall–Kier alpha value is -0.140. The zero-order chi connectivity index (χ0) is 12.9. The first-order chi connectivity index (χ1) is 7.98. The predicted octanol–water partition coefficient (Wildman–Crippen LogP) is 0.702. The number of nitrogens with zero attached hydrogens (tertiary/aromatic N) is 1. The summed E-state index contributed by atoms with van der Waals surface area (Å²) in [5.41, 5.74) is 0. The number of halogens is 1. The van der Waals surface area contributed by atoms with E-state index in [0.29, 0.717) is 37.7 Å². The van der Waals surface area contributed by atoms with Crippen molar-refractivity contribution in [3.05, 3.63) is 0 Å². The fraction of sp³-hybridized carbons (Fsp3) is 0.900. The Balaban J connectivity index is 2.38. The molecule has 1 fully saturated rings. The van der Waals surface area contributed by atoms with Gasteiger partial charge in [-0.25, -0.2) is 13.1 Å². The van der Waals surface area contributed by atoms with E-state index in [1.54, 1.807) is 11.8 Å². The second-order valence-electron chi connectivity index (χ2n) is 4.12. The van der Waals surface area contributed by atoms with E-state index in [1.165, 1.54) is 0 Å². The molecular formula is C10H19BrN2O3S. The summed E-state index contributed by atoms with van der Waals surface area (Å²) in [5.74, 6) is 0.245. The Bertz CT molecular complexity index is 351. The Labute approximate surface area is 111 Å². The first kappa shape index (κ1) is 14.9. The van der Waals surface area contributed by atoms with Crippen LogP contribution in [0, 0.1) is 0 Å². The Morgan fingerprint density at radius 3 is 2.47 bits per heavy atom. The van der Waals surface area contributed by atoms with Gasteiger partial charge in [0.05, 0.1) is 5.75 Å². The molecule has 0 radical (unpaired) electrons. The average Bonchev–Trinajstić information content (AvgIpc) is 2.30. The second kappa shape index (κ2) is 6.70. The quantitative estimate of drug-likeness (QED) is 0.756. The molecule has 100 valence electrons. The predicted molar refractivity (Wildman–Crippen MR) is 70.6 cm³/mol. The van der Waals surface area contributed by atoms with E-state index >= 15 is 0 Å². The van der Waals surface area contributed by atoms with Gasteiger partial charge in [-0.2, -0.15) is 0 Å². The first-order valence-corrected chi connectivity index (χ1v) is 8.59. The molecule has 1 N–H and O–H groups in total. The van der Waals surface area contributed by atoms with Gasteiger partial charge in [0.1, 0.15) is 0 Å². The van der Waals surface area contributed by atoms with Crippen molar-refractivity contribution in [3.63, 3.8) is 0 Å². The number of likely N-dealkylation sites (tertiary alicyclic amines) is 1. The van der Waals surface area contributed by atoms with Gasteiger partial charge in [-0.05, 0) is 19.8 Å². The maximum Gasteiger partial charge on any atom is 0.223 e. The van der Waals surface area contributed by atoms with Crippen LogP contribution in [-0.4, -0.2) is 49.4 Å². The van der Waals surface area contributed by atoms with Gasteiger partial charge in [0.2, 0.25) is 15.9 Å². The van der Waals surface area contributed by atoms with E-state index in [9.17, 15) is 13.2 Å². The molecule has 1 amide bonds. The van der Waals surface area contributed by atoms with Crippen LogP contribution in [0.3, 0.4) is 0 Å². The number of carbonyl (C=O) groups is 1. The van der Waals surface area contributed by atoms with Crippen LogP contribution in [-0.2, 0) is 14.8 Å². The number of alkyl halides is 1. The number of rotatable bonds is 5. The van der Waals surface area contributed by atoms with Crippen LogP contribution in [0.2, 0.25) is 0 Å². The fourth-order valence-electron chi connectivity index (χ4n) is 1.82. The Kier molecular flexibility index (Phi) is 5.88. The maximum atomic E-state index is 11.6. The lowest BCUT2D eigenvalue weighted by Gasteiger charge is -2.32. The van der Waals surface area contributed by atoms with Gasteiger partial charge < -0.3 is 4.90 Å². The summed E-state index contributed by atoms with van der Waals surface area (Å²) in [6.07, 6.45) is 1.91. The van der Waals surface area contributed by atoms with E-state index < -0.39 is 10.0 Å². The molecule has 0 bridgehead atoms. The van der Waals surface area contributed by atoms with Gasteiger partial charge in [-0.3, -0.25) is 4.79 Å². The second-order valence-corrected chi connectivity index (χ2v) is 6.95. The lowest BCUT2D eigenvalue weighted by atomic mass is 10.1. The van der Waals surface area contributed by atoms with Crippen molar-refractivity contribution in [2.45, 2.75) is 32.2 Å². The highest BCUT2D eigenvalue weighted by molar-refractivity contribution is 9.09. The normalized spacial score (nSPS) is 18.4. The van der Waals surface area contributed by atoms with Gasteiger partial charge in [-0.15, -0.1) is 0 Å². The molecule has 0 aromatic heterocycles. The summed E-state index contributed by atoms with van der Waals surface area (Å²) in [6, 6.07) is -0.0204. The number of piperidine rings is 1. The minimum Gasteiger partial charge on any atom is -0.343 e. The topological polar surface area (TPSA) is 66.5 Å². The van der Waals surface area contributed by atoms with Crippen LogP contribution in [0.4, 0.5) is 0 Å². The number of sulfonamides is 1. The monoisotopic (exact) mass is 326 g/mol. The molecule has 1 aliphatic heterocycles. The summed E-state index contributed by atoms with van der Waals surface area (Å²) >= 11 is 3.24. The molecular weight excluding hydrogens is 308 g/mol. The van der Waals surface area contributed by atoms with Gasteiger partial charge in [0.25, 0.3) is 0 Å². The van der Waals surface area contributed by atoms with Gasteiger partial charge >= 0.3 is 0 Å². The number of carbonyl (C=O) groups excluding carboxylic acids is 1. The Morgan fingerprint density at radius 2 is 2.00 bits per heavy atom. The standard InChI is InChI=1S/C10H19BrN2O3S/c1-2-17(15,16)12-9-4-7-13(8-5-9)10(14)3-6-11/h9,12H,2-8H2,1H3. The lowest BCUT2D eigenvalue weighted by molar-refractivity contribution is -0.131.